The fraction of sp³-hybridized carbons (Fsp3) is 0.238. The summed E-state index contributed by atoms with van der Waals surface area (Å²) in [7, 11) is 0. The lowest BCUT2D eigenvalue weighted by Crippen LogP contribution is -2.19. The standard InChI is InChI=1S/C21H16F3N5O2/c22-21(23,24)14-3-1-2-11(7-14)16-9-17(26-15-4-5-15)29-19(27-16)13(10-25-29)6-12-8-18(30)28-20(12)31/h1-3,6-7,9-10,15,26H,4-5,8H2,(H,28,30,31)/b12-6+. The van der Waals surface area contributed by atoms with Crippen molar-refractivity contribution in [2.24, 2.45) is 0 Å². The van der Waals surface area contributed by atoms with Crippen LogP contribution in [0.3, 0.4) is 0 Å². The van der Waals surface area contributed by atoms with E-state index in [-0.39, 0.29) is 23.9 Å². The molecule has 7 nitrogen and oxygen atoms in total. The third-order valence-corrected chi connectivity index (χ3v) is 5.14. The van der Waals surface area contributed by atoms with Crippen LogP contribution in [0.2, 0.25) is 0 Å². The number of aromatic nitrogens is 3. The zero-order valence-corrected chi connectivity index (χ0v) is 16.0. The molecular weight excluding hydrogens is 411 g/mol. The zero-order valence-electron chi connectivity index (χ0n) is 16.0. The number of benzene rings is 1. The minimum Gasteiger partial charge on any atom is -0.367 e. The smallest absolute Gasteiger partial charge is 0.367 e. The number of alkyl halides is 3. The molecule has 1 aliphatic heterocycles. The molecule has 3 aromatic rings. The van der Waals surface area contributed by atoms with Crippen LogP contribution < -0.4 is 10.6 Å². The average Bonchev–Trinajstić information content (AvgIpc) is 3.35. The Morgan fingerprint density at radius 3 is 2.68 bits per heavy atom. The van der Waals surface area contributed by atoms with Crippen LogP contribution in [0.5, 0.6) is 0 Å². The number of nitrogens with one attached hydrogen (secondary N) is 2. The molecule has 0 spiro atoms. The van der Waals surface area contributed by atoms with Gasteiger partial charge in [-0.05, 0) is 31.1 Å². The van der Waals surface area contributed by atoms with E-state index in [1.54, 1.807) is 16.6 Å². The van der Waals surface area contributed by atoms with Crippen LogP contribution in [0, 0.1) is 0 Å². The maximum absolute atomic E-state index is 13.2. The van der Waals surface area contributed by atoms with E-state index >= 15 is 0 Å². The first kappa shape index (κ1) is 19.3. The van der Waals surface area contributed by atoms with Gasteiger partial charge in [0.05, 0.1) is 23.9 Å². The number of carbonyl (C=O) groups is 2. The molecule has 5 rings (SSSR count). The molecule has 2 aromatic heterocycles. The Morgan fingerprint density at radius 2 is 2.00 bits per heavy atom. The molecule has 0 bridgehead atoms. The van der Waals surface area contributed by atoms with Gasteiger partial charge >= 0.3 is 6.18 Å². The molecule has 1 aromatic carbocycles. The van der Waals surface area contributed by atoms with Crippen LogP contribution in [-0.2, 0) is 15.8 Å². The number of amides is 2. The zero-order chi connectivity index (χ0) is 21.8. The molecule has 0 radical (unpaired) electrons. The normalized spacial score (nSPS) is 18.1. The SMILES string of the molecule is O=C1C/C(=C\c2cnn3c(NC4CC4)cc(-c4cccc(C(F)(F)F)c4)nc23)C(=O)N1. The molecule has 0 atom stereocenters. The van der Waals surface area contributed by atoms with Crippen molar-refractivity contribution in [2.45, 2.75) is 31.5 Å². The van der Waals surface area contributed by atoms with E-state index in [4.69, 9.17) is 0 Å². The molecule has 10 heteroatoms. The summed E-state index contributed by atoms with van der Waals surface area (Å²) in [5.74, 6) is -0.271. The van der Waals surface area contributed by atoms with Gasteiger partial charge in [0.1, 0.15) is 5.82 Å². The lowest BCUT2D eigenvalue weighted by molar-refractivity contribution is -0.137. The lowest BCUT2D eigenvalue weighted by Gasteiger charge is -2.12. The first-order valence-electron chi connectivity index (χ1n) is 9.65. The number of hydrogen-bond donors (Lipinski definition) is 2. The Morgan fingerprint density at radius 1 is 1.19 bits per heavy atom. The average molecular weight is 427 g/mol. The number of halogens is 3. The van der Waals surface area contributed by atoms with Crippen molar-refractivity contribution >= 4 is 29.4 Å². The molecule has 2 aliphatic rings. The van der Waals surface area contributed by atoms with E-state index in [1.807, 2.05) is 0 Å². The minimum absolute atomic E-state index is 0.0450. The van der Waals surface area contributed by atoms with Crippen molar-refractivity contribution in [3.63, 3.8) is 0 Å². The lowest BCUT2D eigenvalue weighted by atomic mass is 10.1. The summed E-state index contributed by atoms with van der Waals surface area (Å²) < 4.78 is 41.1. The third kappa shape index (κ3) is 3.76. The summed E-state index contributed by atoms with van der Waals surface area (Å²) in [5, 5.41) is 9.87. The second-order valence-corrected chi connectivity index (χ2v) is 7.58. The summed E-state index contributed by atoms with van der Waals surface area (Å²) in [6.07, 6.45) is 0.512. The van der Waals surface area contributed by atoms with E-state index in [0.29, 0.717) is 28.3 Å². The van der Waals surface area contributed by atoms with Crippen LogP contribution in [0.4, 0.5) is 19.0 Å². The second-order valence-electron chi connectivity index (χ2n) is 7.58. The molecule has 2 amide bonds. The van der Waals surface area contributed by atoms with Gasteiger partial charge in [-0.25, -0.2) is 4.98 Å². The fourth-order valence-corrected chi connectivity index (χ4v) is 3.43. The Kier molecular flexibility index (Phi) is 4.31. The molecule has 0 unspecified atom stereocenters. The van der Waals surface area contributed by atoms with E-state index in [0.717, 1.165) is 25.0 Å². The number of hydrogen-bond acceptors (Lipinski definition) is 5. The maximum atomic E-state index is 13.2. The van der Waals surface area contributed by atoms with Gasteiger partial charge in [-0.3, -0.25) is 14.9 Å². The summed E-state index contributed by atoms with van der Waals surface area (Å²) >= 11 is 0. The first-order valence-corrected chi connectivity index (χ1v) is 9.65. The third-order valence-electron chi connectivity index (χ3n) is 5.14. The van der Waals surface area contributed by atoms with Crippen LogP contribution >= 0.6 is 0 Å². The molecular formula is C21H16F3N5O2. The van der Waals surface area contributed by atoms with Gasteiger partial charge in [0.2, 0.25) is 5.91 Å². The molecule has 1 aliphatic carbocycles. The van der Waals surface area contributed by atoms with E-state index in [1.165, 1.54) is 18.3 Å². The fourth-order valence-electron chi connectivity index (χ4n) is 3.43. The van der Waals surface area contributed by atoms with Crippen LogP contribution in [0.15, 0.2) is 42.1 Å². The van der Waals surface area contributed by atoms with Gasteiger partial charge in [0, 0.05) is 28.8 Å². The minimum atomic E-state index is -4.47. The molecule has 2 fully saturated rings. The predicted octanol–water partition coefficient (Wildman–Crippen LogP) is 3.42. The van der Waals surface area contributed by atoms with Crippen LogP contribution in [-0.4, -0.2) is 32.5 Å². The Hall–Kier alpha value is -3.69. The van der Waals surface area contributed by atoms with Gasteiger partial charge in [0.25, 0.3) is 5.91 Å². The topological polar surface area (TPSA) is 88.4 Å². The molecule has 1 saturated carbocycles. The van der Waals surface area contributed by atoms with Crippen molar-refractivity contribution in [1.82, 2.24) is 19.9 Å². The highest BCUT2D eigenvalue weighted by Crippen LogP contribution is 2.33. The number of carbonyl (C=O) groups excluding carboxylic acids is 2. The van der Waals surface area contributed by atoms with Crippen LogP contribution in [0.1, 0.15) is 30.4 Å². The molecule has 31 heavy (non-hydrogen) atoms. The highest BCUT2D eigenvalue weighted by atomic mass is 19.4. The van der Waals surface area contributed by atoms with E-state index < -0.39 is 17.6 Å². The number of rotatable bonds is 4. The largest absolute Gasteiger partial charge is 0.416 e. The van der Waals surface area contributed by atoms with Gasteiger partial charge in [-0.1, -0.05) is 12.1 Å². The highest BCUT2D eigenvalue weighted by molar-refractivity contribution is 6.15. The maximum Gasteiger partial charge on any atom is 0.416 e. The summed E-state index contributed by atoms with van der Waals surface area (Å²) in [6, 6.07) is 6.89. The number of imide groups is 1. The first-order chi connectivity index (χ1) is 14.8. The van der Waals surface area contributed by atoms with Crippen molar-refractivity contribution in [1.29, 1.82) is 0 Å². The Labute approximate surface area is 174 Å². The summed E-state index contributed by atoms with van der Waals surface area (Å²) in [5.41, 5.74) is 1.03. The quantitative estimate of drug-likeness (QED) is 0.492. The summed E-state index contributed by atoms with van der Waals surface area (Å²) in [4.78, 5) is 27.9. The summed E-state index contributed by atoms with van der Waals surface area (Å²) in [6.45, 7) is 0. The van der Waals surface area contributed by atoms with Gasteiger partial charge < -0.3 is 5.32 Å². The predicted molar refractivity (Wildman–Crippen MR) is 106 cm³/mol. The van der Waals surface area contributed by atoms with Gasteiger partial charge in [-0.15, -0.1) is 0 Å². The van der Waals surface area contributed by atoms with Crippen molar-refractivity contribution in [2.75, 3.05) is 5.32 Å². The van der Waals surface area contributed by atoms with Crippen molar-refractivity contribution in [3.05, 3.63) is 53.2 Å². The number of anilines is 1. The van der Waals surface area contributed by atoms with Gasteiger partial charge in [0.15, 0.2) is 5.65 Å². The van der Waals surface area contributed by atoms with E-state index in [9.17, 15) is 22.8 Å². The highest BCUT2D eigenvalue weighted by Gasteiger charge is 2.31. The molecule has 158 valence electrons. The van der Waals surface area contributed by atoms with E-state index in [2.05, 4.69) is 20.7 Å². The van der Waals surface area contributed by atoms with Gasteiger partial charge in [-0.2, -0.15) is 22.8 Å². The van der Waals surface area contributed by atoms with Crippen molar-refractivity contribution in [3.8, 4) is 11.3 Å². The molecule has 3 heterocycles. The number of fused-ring (bicyclic) bond motifs is 1. The van der Waals surface area contributed by atoms with Crippen LogP contribution in [0.25, 0.3) is 23.0 Å². The second kappa shape index (κ2) is 6.93. The Bertz CT molecular complexity index is 1260. The van der Waals surface area contributed by atoms with Crippen molar-refractivity contribution < 1.29 is 22.8 Å². The monoisotopic (exact) mass is 427 g/mol. The Balaban J connectivity index is 1.65. The molecule has 1 saturated heterocycles. The number of nitrogens with zero attached hydrogens (tertiary/aromatic N) is 3. The molecule has 2 N–H and O–H groups in total.